The minimum absolute atomic E-state index is 0.109. The van der Waals surface area contributed by atoms with Crippen molar-refractivity contribution in [3.05, 3.63) is 46.0 Å². The smallest absolute Gasteiger partial charge is 0.261 e. The van der Waals surface area contributed by atoms with Crippen LogP contribution in [0.25, 0.3) is 0 Å². The van der Waals surface area contributed by atoms with Gasteiger partial charge in [0.1, 0.15) is 0 Å². The molecule has 0 unspecified atom stereocenters. The zero-order valence-corrected chi connectivity index (χ0v) is 10.4. The summed E-state index contributed by atoms with van der Waals surface area (Å²) in [6.07, 6.45) is 3.18. The number of thiophene rings is 1. The number of amides is 1. The number of carbonyl (C=O) groups excluding carboxylic acids is 1. The molecule has 0 spiro atoms. The highest BCUT2D eigenvalue weighted by Gasteiger charge is 2.08. The fourth-order valence-electron chi connectivity index (χ4n) is 1.33. The molecule has 4 nitrogen and oxygen atoms in total. The van der Waals surface area contributed by atoms with Crippen LogP contribution in [0.5, 0.6) is 0 Å². The van der Waals surface area contributed by atoms with E-state index < -0.39 is 0 Å². The van der Waals surface area contributed by atoms with Crippen LogP contribution in [-0.4, -0.2) is 12.5 Å². The molecule has 18 heavy (non-hydrogen) atoms. The molecule has 2 heterocycles. The zero-order valence-electron chi connectivity index (χ0n) is 9.60. The monoisotopic (exact) mass is 260 g/mol. The van der Waals surface area contributed by atoms with Gasteiger partial charge in [-0.1, -0.05) is 11.8 Å². The number of nitrogens with two attached hydrogens (primary N) is 1. The van der Waals surface area contributed by atoms with Crippen molar-refractivity contribution >= 4 is 17.2 Å². The van der Waals surface area contributed by atoms with Gasteiger partial charge in [0.15, 0.2) is 0 Å². The summed E-state index contributed by atoms with van der Waals surface area (Å²) in [6.45, 7) is 0.775. The molecule has 2 aromatic rings. The molecule has 0 aromatic carbocycles. The average Bonchev–Trinajstić information content (AvgIpc) is 3.04. The minimum atomic E-state index is -0.109. The first-order valence-corrected chi connectivity index (χ1v) is 6.19. The molecule has 2 rings (SSSR count). The Balaban J connectivity index is 1.94. The van der Waals surface area contributed by atoms with E-state index in [1.165, 1.54) is 11.3 Å². The predicted molar refractivity (Wildman–Crippen MR) is 70.1 cm³/mol. The normalized spacial score (nSPS) is 9.61. The first-order valence-electron chi connectivity index (χ1n) is 5.37. The third-order valence-electron chi connectivity index (χ3n) is 2.18. The minimum Gasteiger partial charge on any atom is -0.472 e. The number of rotatable bonds is 3. The quantitative estimate of drug-likeness (QED) is 0.823. The zero-order chi connectivity index (χ0) is 12.8. The number of furan rings is 1. The molecule has 0 atom stereocenters. The molecule has 0 saturated carbocycles. The van der Waals surface area contributed by atoms with Gasteiger partial charge < -0.3 is 15.5 Å². The summed E-state index contributed by atoms with van der Waals surface area (Å²) >= 11 is 1.35. The third-order valence-corrected chi connectivity index (χ3v) is 3.18. The highest BCUT2D eigenvalue weighted by molar-refractivity contribution is 7.14. The number of hydrogen-bond donors (Lipinski definition) is 2. The molecular weight excluding hydrogens is 248 g/mol. The Morgan fingerprint density at radius 1 is 1.44 bits per heavy atom. The predicted octanol–water partition coefficient (Wildman–Crippen LogP) is 1.58. The van der Waals surface area contributed by atoms with E-state index in [1.807, 2.05) is 12.1 Å². The maximum absolute atomic E-state index is 11.8. The highest BCUT2D eigenvalue weighted by atomic mass is 32.1. The van der Waals surface area contributed by atoms with Gasteiger partial charge in [0.25, 0.3) is 5.91 Å². The van der Waals surface area contributed by atoms with Gasteiger partial charge in [0.05, 0.1) is 28.8 Å². The lowest BCUT2D eigenvalue weighted by Gasteiger charge is -2.00. The Morgan fingerprint density at radius 3 is 3.06 bits per heavy atom. The van der Waals surface area contributed by atoms with Crippen molar-refractivity contribution in [3.8, 4) is 11.8 Å². The molecular formula is C13H12N2O2S. The molecule has 0 aliphatic heterocycles. The Kier molecular flexibility index (Phi) is 4.18. The summed E-state index contributed by atoms with van der Waals surface area (Å²) in [7, 11) is 0. The third kappa shape index (κ3) is 3.23. The average molecular weight is 260 g/mol. The van der Waals surface area contributed by atoms with Crippen LogP contribution in [0.1, 0.15) is 20.1 Å². The molecule has 1 amide bonds. The Bertz CT molecular complexity index is 576. The largest absolute Gasteiger partial charge is 0.472 e. The van der Waals surface area contributed by atoms with Crippen LogP contribution in [0.4, 0.5) is 0 Å². The van der Waals surface area contributed by atoms with E-state index in [0.29, 0.717) is 18.0 Å². The summed E-state index contributed by atoms with van der Waals surface area (Å²) in [5.74, 6) is 5.54. The van der Waals surface area contributed by atoms with Crippen molar-refractivity contribution in [2.75, 3.05) is 6.54 Å². The molecule has 0 aliphatic rings. The topological polar surface area (TPSA) is 68.3 Å². The summed E-state index contributed by atoms with van der Waals surface area (Å²) in [4.78, 5) is 13.3. The first kappa shape index (κ1) is 12.4. The summed E-state index contributed by atoms with van der Waals surface area (Å²) in [5.41, 5.74) is 6.22. The van der Waals surface area contributed by atoms with E-state index >= 15 is 0 Å². The fraction of sp³-hybridized carbons (Fsp3) is 0.154. The Labute approximate surface area is 109 Å². The van der Waals surface area contributed by atoms with Gasteiger partial charge in [-0.25, -0.2) is 0 Å². The molecule has 0 radical (unpaired) electrons. The van der Waals surface area contributed by atoms with Gasteiger partial charge in [-0.05, 0) is 18.2 Å². The van der Waals surface area contributed by atoms with Gasteiger partial charge in [-0.2, -0.15) is 0 Å². The van der Waals surface area contributed by atoms with E-state index in [0.717, 1.165) is 10.4 Å². The SMILES string of the molecule is NCC#Cc1ccc(C(=O)NCc2ccoc2)s1. The molecule has 92 valence electrons. The maximum atomic E-state index is 11.8. The Morgan fingerprint density at radius 2 is 2.33 bits per heavy atom. The summed E-state index contributed by atoms with van der Waals surface area (Å²) in [5, 5.41) is 2.81. The van der Waals surface area contributed by atoms with Crippen molar-refractivity contribution in [1.82, 2.24) is 5.32 Å². The molecule has 2 aromatic heterocycles. The van der Waals surface area contributed by atoms with Gasteiger partial charge in [0, 0.05) is 12.1 Å². The second kappa shape index (κ2) is 6.05. The molecule has 0 saturated heterocycles. The van der Waals surface area contributed by atoms with Crippen molar-refractivity contribution in [2.45, 2.75) is 6.54 Å². The van der Waals surface area contributed by atoms with E-state index in [9.17, 15) is 4.79 Å². The van der Waals surface area contributed by atoms with Crippen molar-refractivity contribution in [3.63, 3.8) is 0 Å². The van der Waals surface area contributed by atoms with Crippen LogP contribution in [0.2, 0.25) is 0 Å². The van der Waals surface area contributed by atoms with Crippen LogP contribution < -0.4 is 11.1 Å². The summed E-state index contributed by atoms with van der Waals surface area (Å²) < 4.78 is 4.92. The number of carbonyl (C=O) groups is 1. The molecule has 0 bridgehead atoms. The summed E-state index contributed by atoms with van der Waals surface area (Å²) in [6, 6.07) is 5.39. The highest BCUT2D eigenvalue weighted by Crippen LogP contribution is 2.15. The van der Waals surface area contributed by atoms with Gasteiger partial charge in [-0.3, -0.25) is 4.79 Å². The Hall–Kier alpha value is -2.03. The van der Waals surface area contributed by atoms with Gasteiger partial charge in [0.2, 0.25) is 0 Å². The van der Waals surface area contributed by atoms with Crippen molar-refractivity contribution in [1.29, 1.82) is 0 Å². The van der Waals surface area contributed by atoms with Crippen LogP contribution >= 0.6 is 11.3 Å². The van der Waals surface area contributed by atoms with Gasteiger partial charge in [-0.15, -0.1) is 11.3 Å². The van der Waals surface area contributed by atoms with E-state index in [-0.39, 0.29) is 5.91 Å². The lowest BCUT2D eigenvalue weighted by molar-refractivity contribution is 0.0955. The second-order valence-corrected chi connectivity index (χ2v) is 4.57. The second-order valence-electron chi connectivity index (χ2n) is 3.48. The first-order chi connectivity index (χ1) is 8.79. The molecule has 5 heteroatoms. The van der Waals surface area contributed by atoms with E-state index in [1.54, 1.807) is 18.6 Å². The number of hydrogen-bond acceptors (Lipinski definition) is 4. The number of nitrogens with one attached hydrogen (secondary N) is 1. The fourth-order valence-corrected chi connectivity index (χ4v) is 2.13. The van der Waals surface area contributed by atoms with E-state index in [4.69, 9.17) is 10.2 Å². The van der Waals surface area contributed by atoms with E-state index in [2.05, 4.69) is 17.2 Å². The lowest BCUT2D eigenvalue weighted by atomic mass is 10.3. The van der Waals surface area contributed by atoms with Crippen molar-refractivity contribution in [2.24, 2.45) is 5.73 Å². The molecule has 3 N–H and O–H groups in total. The molecule has 0 aliphatic carbocycles. The maximum Gasteiger partial charge on any atom is 0.261 e. The van der Waals surface area contributed by atoms with Crippen LogP contribution in [0, 0.1) is 11.8 Å². The standard InChI is InChI=1S/C13H12N2O2S/c14-6-1-2-11-3-4-12(18-11)13(16)15-8-10-5-7-17-9-10/h3-5,7,9H,6,8,14H2,(H,15,16). The lowest BCUT2D eigenvalue weighted by Crippen LogP contribution is -2.21. The molecule has 0 fully saturated rings. The van der Waals surface area contributed by atoms with Crippen LogP contribution in [0.3, 0.4) is 0 Å². The van der Waals surface area contributed by atoms with Crippen LogP contribution in [-0.2, 0) is 6.54 Å². The van der Waals surface area contributed by atoms with Crippen LogP contribution in [0.15, 0.2) is 35.1 Å². The van der Waals surface area contributed by atoms with Crippen molar-refractivity contribution < 1.29 is 9.21 Å². The van der Waals surface area contributed by atoms with Gasteiger partial charge >= 0.3 is 0 Å².